The third-order valence-electron chi connectivity index (χ3n) is 2.32. The molecule has 0 spiro atoms. The fraction of sp³-hybridized carbons (Fsp3) is 0.167. The molecule has 1 aromatic carbocycles. The number of methoxy groups -OCH3 is 1. The molecule has 1 heterocycles. The predicted octanol–water partition coefficient (Wildman–Crippen LogP) is 3.18. The van der Waals surface area contributed by atoms with Crippen LogP contribution < -0.4 is 10.5 Å². The zero-order valence-electron chi connectivity index (χ0n) is 8.87. The van der Waals surface area contributed by atoms with E-state index in [9.17, 15) is 0 Å². The molecule has 0 radical (unpaired) electrons. The summed E-state index contributed by atoms with van der Waals surface area (Å²) in [4.78, 5) is 0. The lowest BCUT2D eigenvalue weighted by molar-refractivity contribution is 0.410. The Morgan fingerprint density at radius 3 is 3.06 bits per heavy atom. The molecule has 0 aliphatic carbocycles. The highest BCUT2D eigenvalue weighted by Crippen LogP contribution is 2.36. The van der Waals surface area contributed by atoms with Gasteiger partial charge in [0.15, 0.2) is 11.3 Å². The molecule has 0 aliphatic rings. The number of nitrogens with two attached hydrogens (primary N) is 1. The molecule has 0 saturated heterocycles. The summed E-state index contributed by atoms with van der Waals surface area (Å²) in [5.74, 6) is 0.722. The van der Waals surface area contributed by atoms with Crippen molar-refractivity contribution >= 4 is 33.0 Å². The number of furan rings is 1. The quantitative estimate of drug-likeness (QED) is 0.940. The molecular formula is C12H12BrNO2. The molecule has 0 aliphatic heterocycles. The monoisotopic (exact) mass is 281 g/mol. The van der Waals surface area contributed by atoms with Gasteiger partial charge in [-0.2, -0.15) is 0 Å². The van der Waals surface area contributed by atoms with Crippen molar-refractivity contribution < 1.29 is 9.15 Å². The Balaban J connectivity index is 2.66. The van der Waals surface area contributed by atoms with Gasteiger partial charge in [0, 0.05) is 16.4 Å². The molecule has 0 bridgehead atoms. The maximum atomic E-state index is 5.44. The van der Waals surface area contributed by atoms with Crippen molar-refractivity contribution in [1.82, 2.24) is 0 Å². The highest BCUT2D eigenvalue weighted by molar-refractivity contribution is 9.10. The Bertz CT molecular complexity index is 531. The normalized spacial score (nSPS) is 11.4. The number of ether oxygens (including phenoxy) is 1. The van der Waals surface area contributed by atoms with Gasteiger partial charge < -0.3 is 14.9 Å². The second-order valence-corrected chi connectivity index (χ2v) is 4.08. The molecule has 1 aromatic heterocycles. The van der Waals surface area contributed by atoms with E-state index in [1.807, 2.05) is 24.3 Å². The fourth-order valence-corrected chi connectivity index (χ4v) is 2.13. The van der Waals surface area contributed by atoms with E-state index in [0.29, 0.717) is 6.54 Å². The van der Waals surface area contributed by atoms with Gasteiger partial charge in [0.25, 0.3) is 0 Å². The Morgan fingerprint density at radius 1 is 1.56 bits per heavy atom. The Labute approximate surface area is 102 Å². The number of fused-ring (bicyclic) bond motifs is 1. The molecule has 0 saturated carbocycles. The zero-order valence-corrected chi connectivity index (χ0v) is 10.5. The average molecular weight is 282 g/mol. The van der Waals surface area contributed by atoms with Crippen LogP contribution in [0.25, 0.3) is 17.0 Å². The third kappa shape index (κ3) is 1.86. The van der Waals surface area contributed by atoms with Gasteiger partial charge in [-0.05, 0) is 33.6 Å². The third-order valence-corrected chi connectivity index (χ3v) is 3.20. The molecule has 2 rings (SSSR count). The first-order valence-corrected chi connectivity index (χ1v) is 5.67. The number of halogens is 1. The van der Waals surface area contributed by atoms with E-state index >= 15 is 0 Å². The summed E-state index contributed by atoms with van der Waals surface area (Å²) in [6.45, 7) is 0.512. The van der Waals surface area contributed by atoms with Gasteiger partial charge >= 0.3 is 0 Å². The summed E-state index contributed by atoms with van der Waals surface area (Å²) in [7, 11) is 1.63. The van der Waals surface area contributed by atoms with Crippen LogP contribution in [0, 0.1) is 0 Å². The van der Waals surface area contributed by atoms with Crippen molar-refractivity contribution in [1.29, 1.82) is 0 Å². The molecule has 0 unspecified atom stereocenters. The first kappa shape index (κ1) is 11.2. The minimum absolute atomic E-state index is 0.512. The van der Waals surface area contributed by atoms with Crippen LogP contribution >= 0.6 is 15.9 Å². The van der Waals surface area contributed by atoms with Gasteiger partial charge in [0.05, 0.1) is 13.4 Å². The molecule has 3 nitrogen and oxygen atoms in total. The van der Waals surface area contributed by atoms with Crippen molar-refractivity contribution in [2.24, 2.45) is 5.73 Å². The maximum absolute atomic E-state index is 5.44. The SMILES string of the molecule is COc1cc(/C=C/CN)c(Br)c2ccoc12. The maximum Gasteiger partial charge on any atom is 0.176 e. The van der Waals surface area contributed by atoms with Gasteiger partial charge in [0.2, 0.25) is 0 Å². The lowest BCUT2D eigenvalue weighted by Gasteiger charge is -2.05. The van der Waals surface area contributed by atoms with Crippen LogP contribution in [0.3, 0.4) is 0 Å². The summed E-state index contributed by atoms with van der Waals surface area (Å²) in [6, 6.07) is 3.82. The highest BCUT2D eigenvalue weighted by Gasteiger charge is 2.11. The second kappa shape index (κ2) is 4.72. The molecule has 0 atom stereocenters. The molecule has 2 aromatic rings. The Kier molecular flexibility index (Phi) is 3.31. The van der Waals surface area contributed by atoms with Crippen LogP contribution in [0.4, 0.5) is 0 Å². The van der Waals surface area contributed by atoms with Crippen LogP contribution in [0.15, 0.2) is 33.4 Å². The molecule has 0 amide bonds. The molecule has 84 valence electrons. The minimum atomic E-state index is 0.512. The minimum Gasteiger partial charge on any atom is -0.493 e. The fourth-order valence-electron chi connectivity index (χ4n) is 1.57. The molecular weight excluding hydrogens is 270 g/mol. The van der Waals surface area contributed by atoms with E-state index in [0.717, 1.165) is 26.8 Å². The Hall–Kier alpha value is -1.26. The Morgan fingerprint density at radius 2 is 2.38 bits per heavy atom. The van der Waals surface area contributed by atoms with Crippen LogP contribution in [0.2, 0.25) is 0 Å². The molecule has 0 fully saturated rings. The van der Waals surface area contributed by atoms with E-state index in [1.165, 1.54) is 0 Å². The topological polar surface area (TPSA) is 48.4 Å². The zero-order chi connectivity index (χ0) is 11.5. The summed E-state index contributed by atoms with van der Waals surface area (Å²) in [5.41, 5.74) is 7.21. The van der Waals surface area contributed by atoms with Crippen LogP contribution in [-0.2, 0) is 0 Å². The summed E-state index contributed by atoms with van der Waals surface area (Å²) >= 11 is 3.55. The summed E-state index contributed by atoms with van der Waals surface area (Å²) in [5, 5.41) is 0.996. The smallest absolute Gasteiger partial charge is 0.176 e. The molecule has 16 heavy (non-hydrogen) atoms. The van der Waals surface area contributed by atoms with Gasteiger partial charge in [-0.15, -0.1) is 0 Å². The standard InChI is InChI=1S/C12H12BrNO2/c1-15-10-7-8(3-2-5-14)11(13)9-4-6-16-12(9)10/h2-4,6-7H,5,14H2,1H3/b3-2+. The van der Waals surface area contributed by atoms with Gasteiger partial charge in [0.1, 0.15) is 0 Å². The molecule has 4 heteroatoms. The van der Waals surface area contributed by atoms with E-state index in [4.69, 9.17) is 14.9 Å². The predicted molar refractivity (Wildman–Crippen MR) is 68.6 cm³/mol. The van der Waals surface area contributed by atoms with Crippen LogP contribution in [0.1, 0.15) is 5.56 Å². The van der Waals surface area contributed by atoms with E-state index in [-0.39, 0.29) is 0 Å². The van der Waals surface area contributed by atoms with Crippen LogP contribution in [0.5, 0.6) is 5.75 Å². The van der Waals surface area contributed by atoms with Crippen molar-refractivity contribution in [3.8, 4) is 5.75 Å². The lowest BCUT2D eigenvalue weighted by Crippen LogP contribution is -1.92. The van der Waals surface area contributed by atoms with Crippen molar-refractivity contribution in [2.45, 2.75) is 0 Å². The number of hydrogen-bond acceptors (Lipinski definition) is 3. The van der Waals surface area contributed by atoms with E-state index in [1.54, 1.807) is 13.4 Å². The van der Waals surface area contributed by atoms with E-state index in [2.05, 4.69) is 15.9 Å². The van der Waals surface area contributed by atoms with Gasteiger partial charge in [-0.25, -0.2) is 0 Å². The number of hydrogen-bond donors (Lipinski definition) is 1. The van der Waals surface area contributed by atoms with Crippen molar-refractivity contribution in [3.05, 3.63) is 34.5 Å². The second-order valence-electron chi connectivity index (χ2n) is 3.28. The summed E-state index contributed by atoms with van der Waals surface area (Å²) < 4.78 is 11.6. The van der Waals surface area contributed by atoms with Crippen molar-refractivity contribution in [2.75, 3.05) is 13.7 Å². The first-order valence-electron chi connectivity index (χ1n) is 4.88. The van der Waals surface area contributed by atoms with Crippen LogP contribution in [-0.4, -0.2) is 13.7 Å². The highest BCUT2D eigenvalue weighted by atomic mass is 79.9. The lowest BCUT2D eigenvalue weighted by atomic mass is 10.1. The van der Waals surface area contributed by atoms with Crippen molar-refractivity contribution in [3.63, 3.8) is 0 Å². The molecule has 2 N–H and O–H groups in total. The largest absolute Gasteiger partial charge is 0.493 e. The first-order chi connectivity index (χ1) is 7.77. The average Bonchev–Trinajstić information content (AvgIpc) is 2.78. The number of benzene rings is 1. The number of rotatable bonds is 3. The van der Waals surface area contributed by atoms with E-state index < -0.39 is 0 Å². The van der Waals surface area contributed by atoms with Gasteiger partial charge in [-0.1, -0.05) is 12.2 Å². The van der Waals surface area contributed by atoms with Gasteiger partial charge in [-0.3, -0.25) is 0 Å². The summed E-state index contributed by atoms with van der Waals surface area (Å²) in [6.07, 6.45) is 5.50.